The third kappa shape index (κ3) is 5.20. The van der Waals surface area contributed by atoms with Crippen molar-refractivity contribution >= 4 is 17.7 Å². The lowest BCUT2D eigenvalue weighted by Crippen LogP contribution is -2.52. The normalized spacial score (nSPS) is 14.3. The fourth-order valence-electron chi connectivity index (χ4n) is 1.82. The van der Waals surface area contributed by atoms with E-state index in [1.54, 1.807) is 11.8 Å². The number of primary amides is 1. The number of likely N-dealkylation sites (N-methyl/N-ethyl adjacent to an activating group) is 1. The average molecular weight is 285 g/mol. The number of nitrogens with two attached hydrogens (primary N) is 1. The summed E-state index contributed by atoms with van der Waals surface area (Å²) in [4.78, 5) is 15.7. The van der Waals surface area contributed by atoms with E-state index in [1.807, 2.05) is 20.8 Å². The third-order valence-electron chi connectivity index (χ3n) is 2.99. The molecule has 1 atom stereocenters. The molecule has 0 radical (unpaired) electrons. The van der Waals surface area contributed by atoms with Crippen molar-refractivity contribution < 1.29 is 4.79 Å². The van der Waals surface area contributed by atoms with Gasteiger partial charge < -0.3 is 11.1 Å². The van der Waals surface area contributed by atoms with E-state index in [2.05, 4.69) is 20.5 Å². The van der Waals surface area contributed by atoms with Crippen LogP contribution in [0.1, 0.15) is 38.9 Å². The van der Waals surface area contributed by atoms with Crippen LogP contribution >= 0.6 is 11.8 Å². The Balaban J connectivity index is 2.24. The lowest BCUT2D eigenvalue weighted by molar-refractivity contribution is -0.124. The topological polar surface area (TPSA) is 96.7 Å². The molecule has 1 unspecified atom stereocenters. The van der Waals surface area contributed by atoms with Crippen LogP contribution in [0, 0.1) is 6.92 Å². The molecule has 0 fully saturated rings. The van der Waals surface area contributed by atoms with Gasteiger partial charge in [-0.25, -0.2) is 4.98 Å². The number of rotatable bonds is 9. The van der Waals surface area contributed by atoms with Gasteiger partial charge in [-0.2, -0.15) is 0 Å². The van der Waals surface area contributed by atoms with E-state index in [0.29, 0.717) is 0 Å². The van der Waals surface area contributed by atoms with Gasteiger partial charge >= 0.3 is 0 Å². The highest BCUT2D eigenvalue weighted by molar-refractivity contribution is 7.99. The second kappa shape index (κ2) is 7.49. The monoisotopic (exact) mass is 285 g/mol. The zero-order valence-electron chi connectivity index (χ0n) is 11.8. The molecule has 0 aromatic carbocycles. The number of unbranched alkanes of at least 4 members (excludes halogenated alkanes) is 1. The van der Waals surface area contributed by atoms with Gasteiger partial charge in [0.1, 0.15) is 5.82 Å². The quantitative estimate of drug-likeness (QED) is 0.468. The maximum atomic E-state index is 11.4. The summed E-state index contributed by atoms with van der Waals surface area (Å²) in [5.74, 6) is 1.49. The standard InChI is InChI=1S/C12H23N5OS/c1-4-14-12(3,10(13)18)7-5-6-8-19-11-15-9(2)16-17-11/h14H,4-8H2,1-3H3,(H2,13,18)(H,15,16,17). The van der Waals surface area contributed by atoms with Crippen molar-refractivity contribution in [1.82, 2.24) is 20.5 Å². The Hall–Kier alpha value is -1.08. The highest BCUT2D eigenvalue weighted by Gasteiger charge is 2.28. The highest BCUT2D eigenvalue weighted by atomic mass is 32.2. The van der Waals surface area contributed by atoms with Gasteiger partial charge in [0.25, 0.3) is 0 Å². The van der Waals surface area contributed by atoms with Gasteiger partial charge in [0.2, 0.25) is 11.1 Å². The summed E-state index contributed by atoms with van der Waals surface area (Å²) in [7, 11) is 0. The molecule has 1 heterocycles. The first-order valence-corrected chi connectivity index (χ1v) is 7.53. The molecule has 0 bridgehead atoms. The van der Waals surface area contributed by atoms with Crippen LogP contribution in [0.3, 0.4) is 0 Å². The van der Waals surface area contributed by atoms with Crippen molar-refractivity contribution in [2.24, 2.45) is 5.73 Å². The van der Waals surface area contributed by atoms with E-state index in [1.165, 1.54) is 0 Å². The van der Waals surface area contributed by atoms with E-state index in [4.69, 9.17) is 5.73 Å². The van der Waals surface area contributed by atoms with E-state index < -0.39 is 5.54 Å². The number of nitrogens with one attached hydrogen (secondary N) is 2. The predicted octanol–water partition coefficient (Wildman–Crippen LogP) is 1.23. The Morgan fingerprint density at radius 3 is 2.79 bits per heavy atom. The second-order valence-corrected chi connectivity index (χ2v) is 5.80. The molecule has 1 aromatic rings. The molecule has 0 spiro atoms. The Morgan fingerprint density at radius 2 is 2.26 bits per heavy atom. The number of hydrogen-bond donors (Lipinski definition) is 3. The van der Waals surface area contributed by atoms with E-state index >= 15 is 0 Å². The van der Waals surface area contributed by atoms with Crippen LogP contribution in [-0.2, 0) is 4.79 Å². The second-order valence-electron chi connectivity index (χ2n) is 4.74. The van der Waals surface area contributed by atoms with Crippen LogP contribution < -0.4 is 11.1 Å². The van der Waals surface area contributed by atoms with Crippen LogP contribution in [0.5, 0.6) is 0 Å². The summed E-state index contributed by atoms with van der Waals surface area (Å²) in [6, 6.07) is 0. The lowest BCUT2D eigenvalue weighted by atomic mass is 9.94. The lowest BCUT2D eigenvalue weighted by Gasteiger charge is -2.26. The maximum absolute atomic E-state index is 11.4. The SMILES string of the molecule is CCNC(C)(CCCCSc1n[nH]c(C)n1)C(N)=O. The van der Waals surface area contributed by atoms with Gasteiger partial charge in [-0.1, -0.05) is 25.1 Å². The molecule has 0 aliphatic rings. The first kappa shape index (κ1) is 16.0. The Morgan fingerprint density at radius 1 is 1.53 bits per heavy atom. The minimum Gasteiger partial charge on any atom is -0.368 e. The summed E-state index contributed by atoms with van der Waals surface area (Å²) in [6.45, 7) is 6.46. The fraction of sp³-hybridized carbons (Fsp3) is 0.750. The number of carbonyl (C=O) groups is 1. The van der Waals surface area contributed by atoms with Crippen molar-refractivity contribution in [2.45, 2.75) is 50.7 Å². The zero-order chi connectivity index (χ0) is 14.3. The zero-order valence-corrected chi connectivity index (χ0v) is 12.6. The van der Waals surface area contributed by atoms with E-state index in [0.717, 1.165) is 42.5 Å². The molecule has 4 N–H and O–H groups in total. The Kier molecular flexibility index (Phi) is 6.30. The molecule has 0 saturated heterocycles. The summed E-state index contributed by atoms with van der Waals surface area (Å²) >= 11 is 1.62. The summed E-state index contributed by atoms with van der Waals surface area (Å²) in [6.07, 6.45) is 2.71. The molecular formula is C12H23N5OS. The number of nitrogens with zero attached hydrogens (tertiary/aromatic N) is 2. The number of amides is 1. The van der Waals surface area contributed by atoms with Gasteiger partial charge in [-0.15, -0.1) is 5.10 Å². The summed E-state index contributed by atoms with van der Waals surface area (Å²) in [5.41, 5.74) is 4.84. The number of aromatic nitrogens is 3. The van der Waals surface area contributed by atoms with Crippen LogP contribution in [0.2, 0.25) is 0 Å². The molecule has 7 heteroatoms. The number of carbonyl (C=O) groups excluding carboxylic acids is 1. The first-order chi connectivity index (χ1) is 8.98. The fourth-order valence-corrected chi connectivity index (χ4v) is 2.66. The maximum Gasteiger partial charge on any atom is 0.237 e. The van der Waals surface area contributed by atoms with Crippen molar-refractivity contribution in [3.8, 4) is 0 Å². The molecule has 0 aliphatic carbocycles. The summed E-state index contributed by atoms with van der Waals surface area (Å²) in [5, 5.41) is 10.8. The number of thioether (sulfide) groups is 1. The Labute approximate surface area is 118 Å². The smallest absolute Gasteiger partial charge is 0.237 e. The number of hydrogen-bond acceptors (Lipinski definition) is 5. The van der Waals surface area contributed by atoms with Crippen molar-refractivity contribution in [3.63, 3.8) is 0 Å². The highest BCUT2D eigenvalue weighted by Crippen LogP contribution is 2.18. The molecule has 19 heavy (non-hydrogen) atoms. The van der Waals surface area contributed by atoms with Crippen LogP contribution in [-0.4, -0.2) is 38.9 Å². The molecule has 0 saturated carbocycles. The van der Waals surface area contributed by atoms with Crippen LogP contribution in [0.4, 0.5) is 0 Å². The van der Waals surface area contributed by atoms with Crippen molar-refractivity contribution in [2.75, 3.05) is 12.3 Å². The molecule has 108 valence electrons. The Bertz CT molecular complexity index is 409. The number of H-pyrrole nitrogens is 1. The first-order valence-electron chi connectivity index (χ1n) is 6.54. The third-order valence-corrected chi connectivity index (χ3v) is 3.92. The molecule has 0 aliphatic heterocycles. The van der Waals surface area contributed by atoms with Gasteiger partial charge in [0, 0.05) is 5.75 Å². The van der Waals surface area contributed by atoms with Gasteiger partial charge in [0.15, 0.2) is 0 Å². The molecule has 1 amide bonds. The minimum atomic E-state index is -0.597. The van der Waals surface area contributed by atoms with Crippen molar-refractivity contribution in [3.05, 3.63) is 5.82 Å². The number of aromatic amines is 1. The average Bonchev–Trinajstić information content (AvgIpc) is 2.75. The number of aryl methyl sites for hydroxylation is 1. The van der Waals surface area contributed by atoms with E-state index in [9.17, 15) is 4.79 Å². The van der Waals surface area contributed by atoms with Gasteiger partial charge in [-0.3, -0.25) is 9.89 Å². The molecule has 1 aromatic heterocycles. The molecular weight excluding hydrogens is 262 g/mol. The minimum absolute atomic E-state index is 0.286. The van der Waals surface area contributed by atoms with Gasteiger partial charge in [0.05, 0.1) is 5.54 Å². The van der Waals surface area contributed by atoms with Crippen LogP contribution in [0.15, 0.2) is 5.16 Å². The van der Waals surface area contributed by atoms with Crippen molar-refractivity contribution in [1.29, 1.82) is 0 Å². The predicted molar refractivity (Wildman–Crippen MR) is 77.0 cm³/mol. The largest absolute Gasteiger partial charge is 0.368 e. The summed E-state index contributed by atoms with van der Waals surface area (Å²) < 4.78 is 0. The van der Waals surface area contributed by atoms with E-state index in [-0.39, 0.29) is 5.91 Å². The van der Waals surface area contributed by atoms with Crippen LogP contribution in [0.25, 0.3) is 0 Å². The molecule has 1 rings (SSSR count). The molecule has 6 nitrogen and oxygen atoms in total. The van der Waals surface area contributed by atoms with Gasteiger partial charge in [-0.05, 0) is 33.2 Å².